The summed E-state index contributed by atoms with van der Waals surface area (Å²) in [5.41, 5.74) is 3.00. The van der Waals surface area contributed by atoms with Gasteiger partial charge in [0.2, 0.25) is 0 Å². The predicted molar refractivity (Wildman–Crippen MR) is 64.2 cm³/mol. The Balaban J connectivity index is 3.10. The van der Waals surface area contributed by atoms with E-state index in [1.54, 1.807) is 0 Å². The Kier molecular flexibility index (Phi) is 3.31. The first-order valence-corrected chi connectivity index (χ1v) is 5.12. The highest BCUT2D eigenvalue weighted by atomic mass is 14.3. The molecule has 0 N–H and O–H groups in total. The summed E-state index contributed by atoms with van der Waals surface area (Å²) >= 11 is 0. The number of hydrogen-bond acceptors (Lipinski definition) is 1. The predicted octanol–water partition coefficient (Wildman–Crippen LogP) is 3.95. The summed E-state index contributed by atoms with van der Waals surface area (Å²) in [7, 11) is 0. The highest BCUT2D eigenvalue weighted by molar-refractivity contribution is 5.77. The van der Waals surface area contributed by atoms with Crippen LogP contribution in [0, 0.1) is 23.7 Å². The fraction of sp³-hybridized carbons (Fsp3) is 0.357. The number of nitrogens with zero attached hydrogens (tertiary/aromatic N) is 1. The molecule has 15 heavy (non-hydrogen) atoms. The maximum atomic E-state index is 9.09. The van der Waals surface area contributed by atoms with Crippen LogP contribution >= 0.6 is 0 Å². The standard InChI is InChI=1S/C14H17N/c1-11-5-7-12(8-6-11)13(10-15)9-14(2,3)4/h5-9H,1-4H3/b13-9+. The lowest BCUT2D eigenvalue weighted by atomic mass is 9.91. The number of aryl methyl sites for hydroxylation is 1. The molecule has 1 heteroatoms. The van der Waals surface area contributed by atoms with Crippen LogP contribution in [0.5, 0.6) is 0 Å². The molecule has 1 aromatic carbocycles. The Morgan fingerprint density at radius 2 is 1.73 bits per heavy atom. The summed E-state index contributed by atoms with van der Waals surface area (Å²) in [4.78, 5) is 0. The Morgan fingerprint density at radius 1 is 1.20 bits per heavy atom. The van der Waals surface area contributed by atoms with Crippen LogP contribution in [0.3, 0.4) is 0 Å². The van der Waals surface area contributed by atoms with E-state index in [1.165, 1.54) is 5.56 Å². The zero-order chi connectivity index (χ0) is 11.5. The van der Waals surface area contributed by atoms with Gasteiger partial charge in [0.05, 0.1) is 11.6 Å². The largest absolute Gasteiger partial charge is 0.192 e. The molecule has 0 saturated carbocycles. The van der Waals surface area contributed by atoms with Gasteiger partial charge in [-0.15, -0.1) is 0 Å². The average Bonchev–Trinajstić information content (AvgIpc) is 2.14. The van der Waals surface area contributed by atoms with Crippen molar-refractivity contribution in [3.63, 3.8) is 0 Å². The van der Waals surface area contributed by atoms with Crippen LogP contribution in [0.1, 0.15) is 31.9 Å². The molecule has 78 valence electrons. The molecule has 1 rings (SSSR count). The van der Waals surface area contributed by atoms with Gasteiger partial charge in [0.1, 0.15) is 0 Å². The number of rotatable bonds is 1. The SMILES string of the molecule is Cc1ccc(/C(C#N)=C/C(C)(C)C)cc1. The molecule has 0 aliphatic heterocycles. The van der Waals surface area contributed by atoms with Crippen molar-refractivity contribution in [2.45, 2.75) is 27.7 Å². The van der Waals surface area contributed by atoms with Crippen LogP contribution in [0.15, 0.2) is 30.3 Å². The normalized spacial score (nSPS) is 12.3. The summed E-state index contributed by atoms with van der Waals surface area (Å²) in [6.07, 6.45) is 2.01. The van der Waals surface area contributed by atoms with Crippen LogP contribution in [-0.4, -0.2) is 0 Å². The van der Waals surface area contributed by atoms with Gasteiger partial charge in [-0.1, -0.05) is 56.7 Å². The van der Waals surface area contributed by atoms with Crippen molar-refractivity contribution in [2.75, 3.05) is 0 Å². The van der Waals surface area contributed by atoms with Crippen LogP contribution in [0.25, 0.3) is 5.57 Å². The zero-order valence-corrected chi connectivity index (χ0v) is 9.83. The summed E-state index contributed by atoms with van der Waals surface area (Å²) < 4.78 is 0. The molecule has 0 amide bonds. The quantitative estimate of drug-likeness (QED) is 0.628. The van der Waals surface area contributed by atoms with Crippen LogP contribution in [-0.2, 0) is 0 Å². The van der Waals surface area contributed by atoms with E-state index in [9.17, 15) is 0 Å². The van der Waals surface area contributed by atoms with E-state index < -0.39 is 0 Å². The van der Waals surface area contributed by atoms with E-state index in [4.69, 9.17) is 5.26 Å². The van der Waals surface area contributed by atoms with E-state index >= 15 is 0 Å². The molecule has 1 nitrogen and oxygen atoms in total. The third-order valence-corrected chi connectivity index (χ3v) is 2.06. The Bertz CT molecular complexity index is 396. The number of nitriles is 1. The smallest absolute Gasteiger partial charge is 0.0994 e. The number of allylic oxidation sites excluding steroid dienone is 2. The molecular formula is C14H17N. The second-order valence-electron chi connectivity index (χ2n) is 4.90. The first-order valence-electron chi connectivity index (χ1n) is 5.12. The monoisotopic (exact) mass is 199 g/mol. The van der Waals surface area contributed by atoms with Crippen molar-refractivity contribution in [1.82, 2.24) is 0 Å². The number of benzene rings is 1. The molecule has 0 spiro atoms. The van der Waals surface area contributed by atoms with Gasteiger partial charge in [0.15, 0.2) is 0 Å². The third-order valence-electron chi connectivity index (χ3n) is 2.06. The van der Waals surface area contributed by atoms with Gasteiger partial charge in [-0.2, -0.15) is 5.26 Å². The van der Waals surface area contributed by atoms with Crippen LogP contribution < -0.4 is 0 Å². The molecule has 0 unspecified atom stereocenters. The maximum Gasteiger partial charge on any atom is 0.0994 e. The van der Waals surface area contributed by atoms with Crippen molar-refractivity contribution in [2.24, 2.45) is 5.41 Å². The second kappa shape index (κ2) is 4.31. The van der Waals surface area contributed by atoms with Crippen molar-refractivity contribution in [3.05, 3.63) is 41.5 Å². The first kappa shape index (κ1) is 11.5. The van der Waals surface area contributed by atoms with Crippen molar-refractivity contribution < 1.29 is 0 Å². The van der Waals surface area contributed by atoms with Crippen molar-refractivity contribution in [3.8, 4) is 6.07 Å². The Labute approximate surface area is 92.1 Å². The molecule has 0 aromatic heterocycles. The van der Waals surface area contributed by atoms with E-state index in [-0.39, 0.29) is 5.41 Å². The minimum Gasteiger partial charge on any atom is -0.192 e. The van der Waals surface area contributed by atoms with Crippen molar-refractivity contribution in [1.29, 1.82) is 5.26 Å². The molecule has 0 heterocycles. The lowest BCUT2D eigenvalue weighted by Gasteiger charge is -2.13. The molecule has 1 aromatic rings. The molecule has 0 aliphatic carbocycles. The van der Waals surface area contributed by atoms with Gasteiger partial charge in [0, 0.05) is 0 Å². The van der Waals surface area contributed by atoms with Crippen LogP contribution in [0.4, 0.5) is 0 Å². The lowest BCUT2D eigenvalue weighted by Crippen LogP contribution is -2.00. The summed E-state index contributed by atoms with van der Waals surface area (Å²) in [5.74, 6) is 0. The van der Waals surface area contributed by atoms with Gasteiger partial charge in [-0.25, -0.2) is 0 Å². The molecule has 0 bridgehead atoms. The highest BCUT2D eigenvalue weighted by Crippen LogP contribution is 2.23. The van der Waals surface area contributed by atoms with E-state index in [0.717, 1.165) is 11.1 Å². The molecular weight excluding hydrogens is 182 g/mol. The Hall–Kier alpha value is -1.55. The minimum absolute atomic E-state index is 0.0376. The van der Waals surface area contributed by atoms with Crippen molar-refractivity contribution >= 4 is 5.57 Å². The Morgan fingerprint density at radius 3 is 2.13 bits per heavy atom. The maximum absolute atomic E-state index is 9.09. The summed E-state index contributed by atoms with van der Waals surface area (Å²) in [5, 5.41) is 9.09. The fourth-order valence-electron chi connectivity index (χ4n) is 1.35. The molecule has 0 fully saturated rings. The van der Waals surface area contributed by atoms with Crippen LogP contribution in [0.2, 0.25) is 0 Å². The van der Waals surface area contributed by atoms with Gasteiger partial charge in [0.25, 0.3) is 0 Å². The summed E-state index contributed by atoms with van der Waals surface area (Å²) in [6, 6.07) is 10.3. The molecule has 0 saturated heterocycles. The topological polar surface area (TPSA) is 23.8 Å². The van der Waals surface area contributed by atoms with E-state index in [0.29, 0.717) is 0 Å². The molecule has 0 atom stereocenters. The minimum atomic E-state index is 0.0376. The highest BCUT2D eigenvalue weighted by Gasteiger charge is 2.09. The van der Waals surface area contributed by atoms with Gasteiger partial charge in [-0.3, -0.25) is 0 Å². The third kappa shape index (κ3) is 3.59. The van der Waals surface area contributed by atoms with Gasteiger partial charge < -0.3 is 0 Å². The van der Waals surface area contributed by atoms with E-state index in [1.807, 2.05) is 37.3 Å². The number of hydrogen-bond donors (Lipinski definition) is 0. The zero-order valence-electron chi connectivity index (χ0n) is 9.83. The lowest BCUT2D eigenvalue weighted by molar-refractivity contribution is 0.546. The van der Waals surface area contributed by atoms with Gasteiger partial charge in [-0.05, 0) is 17.9 Å². The molecule has 0 aliphatic rings. The summed E-state index contributed by atoms with van der Waals surface area (Å²) in [6.45, 7) is 8.33. The first-order chi connectivity index (χ1) is 6.92. The fourth-order valence-corrected chi connectivity index (χ4v) is 1.35. The average molecular weight is 199 g/mol. The van der Waals surface area contributed by atoms with Gasteiger partial charge >= 0.3 is 0 Å². The molecule has 0 radical (unpaired) electrons. The van der Waals surface area contributed by atoms with E-state index in [2.05, 4.69) is 26.8 Å². The second-order valence-corrected chi connectivity index (χ2v) is 4.90.